The summed E-state index contributed by atoms with van der Waals surface area (Å²) in [6.07, 6.45) is 7.71. The SMILES string of the molecule is COc1ccc(C(=O)NCCc2ccncc2)cc1N1CCN(c2ncnc3c2cnn3-c2ccccc2)CC1. The molecule has 1 fully saturated rings. The minimum Gasteiger partial charge on any atom is -0.495 e. The average Bonchev–Trinajstić information content (AvgIpc) is 3.46. The van der Waals surface area contributed by atoms with E-state index in [2.05, 4.69) is 35.2 Å². The molecule has 0 radical (unpaired) electrons. The van der Waals surface area contributed by atoms with Crippen molar-refractivity contribution in [2.45, 2.75) is 6.42 Å². The summed E-state index contributed by atoms with van der Waals surface area (Å²) >= 11 is 0. The number of fused-ring (bicyclic) bond motifs is 1. The smallest absolute Gasteiger partial charge is 0.251 e. The molecule has 6 rings (SSSR count). The maximum absolute atomic E-state index is 12.9. The summed E-state index contributed by atoms with van der Waals surface area (Å²) in [5, 5.41) is 8.54. The molecule has 10 heteroatoms. The van der Waals surface area contributed by atoms with Crippen molar-refractivity contribution in [1.82, 2.24) is 30.0 Å². The van der Waals surface area contributed by atoms with Crippen LogP contribution in [-0.4, -0.2) is 70.5 Å². The van der Waals surface area contributed by atoms with Gasteiger partial charge in [0.1, 0.15) is 17.9 Å². The molecule has 4 heterocycles. The number of anilines is 2. The second kappa shape index (κ2) is 11.4. The van der Waals surface area contributed by atoms with Crippen LogP contribution in [0, 0.1) is 0 Å². The molecular formula is C30H30N8O2. The number of hydrogen-bond acceptors (Lipinski definition) is 8. The van der Waals surface area contributed by atoms with Gasteiger partial charge in [0, 0.05) is 50.7 Å². The van der Waals surface area contributed by atoms with Crippen LogP contribution in [0.1, 0.15) is 15.9 Å². The van der Waals surface area contributed by atoms with E-state index in [9.17, 15) is 4.79 Å². The molecule has 0 atom stereocenters. The predicted octanol–water partition coefficient (Wildman–Crippen LogP) is 3.52. The van der Waals surface area contributed by atoms with E-state index in [1.165, 1.54) is 0 Å². The monoisotopic (exact) mass is 534 g/mol. The number of pyridine rings is 1. The Bertz CT molecular complexity index is 1600. The van der Waals surface area contributed by atoms with Crippen LogP contribution in [-0.2, 0) is 6.42 Å². The lowest BCUT2D eigenvalue weighted by Gasteiger charge is -2.37. The number of carbonyl (C=O) groups is 1. The molecule has 1 aliphatic rings. The van der Waals surface area contributed by atoms with Crippen LogP contribution in [0.5, 0.6) is 5.75 Å². The van der Waals surface area contributed by atoms with Crippen molar-refractivity contribution >= 4 is 28.4 Å². The molecule has 202 valence electrons. The van der Waals surface area contributed by atoms with Crippen LogP contribution >= 0.6 is 0 Å². The molecule has 10 nitrogen and oxygen atoms in total. The standard InChI is InChI=1S/C30H30N8O2/c1-40-27-8-7-23(30(39)32-14-11-22-9-12-31-13-10-22)19-26(27)36-15-17-37(18-16-36)28-25-20-35-38(29(25)34-21-33-28)24-5-3-2-4-6-24/h2-10,12-13,19-21H,11,14-18H2,1H3,(H,32,39). The van der Waals surface area contributed by atoms with Crippen LogP contribution < -0.4 is 19.9 Å². The van der Waals surface area contributed by atoms with E-state index in [-0.39, 0.29) is 5.91 Å². The number of aromatic nitrogens is 5. The summed E-state index contributed by atoms with van der Waals surface area (Å²) in [5.41, 5.74) is 4.40. The van der Waals surface area contributed by atoms with Gasteiger partial charge in [0.2, 0.25) is 0 Å². The molecule has 3 aromatic heterocycles. The fourth-order valence-electron chi connectivity index (χ4n) is 5.05. The van der Waals surface area contributed by atoms with Gasteiger partial charge in [0.15, 0.2) is 5.65 Å². The summed E-state index contributed by atoms with van der Waals surface area (Å²) < 4.78 is 7.50. The molecule has 0 saturated carbocycles. The van der Waals surface area contributed by atoms with Crippen molar-refractivity contribution in [3.05, 3.63) is 96.7 Å². The van der Waals surface area contributed by atoms with E-state index in [4.69, 9.17) is 4.74 Å². The number of ether oxygens (including phenoxy) is 1. The Morgan fingerprint density at radius 1 is 0.950 bits per heavy atom. The molecule has 0 unspecified atom stereocenters. The Hall–Kier alpha value is -4.99. The maximum atomic E-state index is 12.9. The average molecular weight is 535 g/mol. The molecule has 1 saturated heterocycles. The third kappa shape index (κ3) is 5.15. The number of rotatable bonds is 8. The minimum absolute atomic E-state index is 0.101. The van der Waals surface area contributed by atoms with Crippen molar-refractivity contribution in [2.75, 3.05) is 49.6 Å². The molecule has 0 spiro atoms. The zero-order valence-electron chi connectivity index (χ0n) is 22.3. The van der Waals surface area contributed by atoms with Crippen LogP contribution in [0.25, 0.3) is 16.7 Å². The topological polar surface area (TPSA) is 101 Å². The first-order chi connectivity index (χ1) is 19.7. The van der Waals surface area contributed by atoms with E-state index in [0.29, 0.717) is 12.1 Å². The summed E-state index contributed by atoms with van der Waals surface area (Å²) in [6, 6.07) is 19.5. The van der Waals surface area contributed by atoms with Crippen LogP contribution in [0.3, 0.4) is 0 Å². The zero-order chi connectivity index (χ0) is 27.3. The zero-order valence-corrected chi connectivity index (χ0v) is 22.3. The van der Waals surface area contributed by atoms with E-state index < -0.39 is 0 Å². The Morgan fingerprint density at radius 3 is 2.50 bits per heavy atom. The minimum atomic E-state index is -0.101. The number of piperazine rings is 1. The summed E-state index contributed by atoms with van der Waals surface area (Å²) in [6.45, 7) is 3.57. The van der Waals surface area contributed by atoms with Crippen LogP contribution in [0.4, 0.5) is 11.5 Å². The van der Waals surface area contributed by atoms with E-state index in [0.717, 1.165) is 72.1 Å². The third-order valence-electron chi connectivity index (χ3n) is 7.16. The molecule has 0 aliphatic carbocycles. The lowest BCUT2D eigenvalue weighted by Crippen LogP contribution is -2.47. The second-order valence-corrected chi connectivity index (χ2v) is 9.55. The van der Waals surface area contributed by atoms with Gasteiger partial charge in [-0.2, -0.15) is 5.10 Å². The van der Waals surface area contributed by atoms with Gasteiger partial charge in [-0.1, -0.05) is 18.2 Å². The number of nitrogens with one attached hydrogen (secondary N) is 1. The Labute approximate surface area is 232 Å². The lowest BCUT2D eigenvalue weighted by molar-refractivity contribution is 0.0954. The quantitative estimate of drug-likeness (QED) is 0.323. The highest BCUT2D eigenvalue weighted by molar-refractivity contribution is 5.95. The van der Waals surface area contributed by atoms with Crippen molar-refractivity contribution in [3.8, 4) is 11.4 Å². The molecule has 5 aromatic rings. The molecule has 1 aliphatic heterocycles. The van der Waals surface area contributed by atoms with Crippen molar-refractivity contribution < 1.29 is 9.53 Å². The predicted molar refractivity (Wildman–Crippen MR) is 154 cm³/mol. The van der Waals surface area contributed by atoms with Gasteiger partial charge < -0.3 is 19.9 Å². The highest BCUT2D eigenvalue weighted by Crippen LogP contribution is 2.32. The summed E-state index contributed by atoms with van der Waals surface area (Å²) in [7, 11) is 1.66. The number of nitrogens with zero attached hydrogens (tertiary/aromatic N) is 7. The molecule has 1 amide bonds. The van der Waals surface area contributed by atoms with Crippen molar-refractivity contribution in [1.29, 1.82) is 0 Å². The van der Waals surface area contributed by atoms with Crippen LogP contribution in [0.2, 0.25) is 0 Å². The molecule has 2 aromatic carbocycles. The molecular weight excluding hydrogens is 504 g/mol. The summed E-state index contributed by atoms with van der Waals surface area (Å²) in [5.74, 6) is 1.52. The van der Waals surface area contributed by atoms with Gasteiger partial charge in [-0.25, -0.2) is 14.6 Å². The largest absolute Gasteiger partial charge is 0.495 e. The first kappa shape index (κ1) is 25.3. The van der Waals surface area contributed by atoms with Gasteiger partial charge in [-0.15, -0.1) is 0 Å². The highest BCUT2D eigenvalue weighted by Gasteiger charge is 2.24. The number of hydrogen-bond donors (Lipinski definition) is 1. The Kier molecular flexibility index (Phi) is 7.21. The molecule has 40 heavy (non-hydrogen) atoms. The van der Waals surface area contributed by atoms with Gasteiger partial charge in [-0.3, -0.25) is 9.78 Å². The normalized spacial score (nSPS) is 13.4. The fraction of sp³-hybridized carbons (Fsp3) is 0.233. The van der Waals surface area contributed by atoms with Gasteiger partial charge in [-0.05, 0) is 54.4 Å². The summed E-state index contributed by atoms with van der Waals surface area (Å²) in [4.78, 5) is 30.6. The fourth-order valence-corrected chi connectivity index (χ4v) is 5.05. The second-order valence-electron chi connectivity index (χ2n) is 9.55. The molecule has 0 bridgehead atoms. The number of amides is 1. The Morgan fingerprint density at radius 2 is 1.73 bits per heavy atom. The third-order valence-corrected chi connectivity index (χ3v) is 7.16. The number of benzene rings is 2. The highest BCUT2D eigenvalue weighted by atomic mass is 16.5. The van der Waals surface area contributed by atoms with Crippen molar-refractivity contribution in [2.24, 2.45) is 0 Å². The Balaban J connectivity index is 1.15. The molecule has 1 N–H and O–H groups in total. The number of para-hydroxylation sites is 1. The van der Waals surface area contributed by atoms with Gasteiger partial charge in [0.05, 0.1) is 30.1 Å². The van der Waals surface area contributed by atoms with E-state index in [1.54, 1.807) is 25.8 Å². The number of carbonyl (C=O) groups excluding carboxylic acids is 1. The van der Waals surface area contributed by atoms with Gasteiger partial charge >= 0.3 is 0 Å². The van der Waals surface area contributed by atoms with Gasteiger partial charge in [0.25, 0.3) is 5.91 Å². The number of methoxy groups -OCH3 is 1. The first-order valence-electron chi connectivity index (χ1n) is 13.3. The van der Waals surface area contributed by atoms with Crippen molar-refractivity contribution in [3.63, 3.8) is 0 Å². The van der Waals surface area contributed by atoms with Crippen LogP contribution in [0.15, 0.2) is 85.6 Å². The van der Waals surface area contributed by atoms with E-state index in [1.807, 2.05) is 71.5 Å². The maximum Gasteiger partial charge on any atom is 0.251 e. The lowest BCUT2D eigenvalue weighted by atomic mass is 10.1. The first-order valence-corrected chi connectivity index (χ1v) is 13.3. The van der Waals surface area contributed by atoms with E-state index >= 15 is 0 Å².